The van der Waals surface area contributed by atoms with Gasteiger partial charge in [0.2, 0.25) is 0 Å². The lowest BCUT2D eigenvalue weighted by molar-refractivity contribution is -0.0291. The van der Waals surface area contributed by atoms with E-state index in [9.17, 15) is 0 Å². The van der Waals surface area contributed by atoms with Crippen molar-refractivity contribution < 1.29 is 0 Å². The van der Waals surface area contributed by atoms with Crippen LogP contribution in [0.2, 0.25) is 0 Å². The lowest BCUT2D eigenvalue weighted by Gasteiger charge is -2.53. The molecule has 0 aromatic heterocycles. The predicted molar refractivity (Wildman–Crippen MR) is 103 cm³/mol. The van der Waals surface area contributed by atoms with Crippen LogP contribution in [0.3, 0.4) is 0 Å². The standard InChI is InChI=1S/C23H35N/c1-16-10-19-12-18(3)23(20(11-16)13-19)14-22(4,5)24(15-23)21-9-7-6-8-17(21)2/h6-9,16,18-20H,10-15H2,1-5H3. The van der Waals surface area contributed by atoms with Gasteiger partial charge in [0.25, 0.3) is 0 Å². The van der Waals surface area contributed by atoms with Crippen molar-refractivity contribution >= 4 is 5.69 Å². The van der Waals surface area contributed by atoms with E-state index < -0.39 is 0 Å². The zero-order valence-electron chi connectivity index (χ0n) is 16.3. The van der Waals surface area contributed by atoms with Crippen molar-refractivity contribution in [3.63, 3.8) is 0 Å². The van der Waals surface area contributed by atoms with Crippen LogP contribution in [0.4, 0.5) is 5.69 Å². The maximum atomic E-state index is 2.76. The Kier molecular flexibility index (Phi) is 3.79. The van der Waals surface area contributed by atoms with Crippen LogP contribution >= 0.6 is 0 Å². The number of fused-ring (bicyclic) bond motifs is 3. The second-order valence-corrected chi connectivity index (χ2v) is 10.1. The van der Waals surface area contributed by atoms with Crippen molar-refractivity contribution in [1.82, 2.24) is 0 Å². The molecule has 3 fully saturated rings. The van der Waals surface area contributed by atoms with Gasteiger partial charge in [-0.05, 0) is 93.6 Å². The molecule has 1 nitrogen and oxygen atoms in total. The molecule has 2 aliphatic carbocycles. The first kappa shape index (κ1) is 16.5. The first-order valence-electron chi connectivity index (χ1n) is 10.1. The van der Waals surface area contributed by atoms with E-state index in [4.69, 9.17) is 0 Å². The molecule has 1 aromatic carbocycles. The monoisotopic (exact) mass is 325 g/mol. The number of rotatable bonds is 1. The van der Waals surface area contributed by atoms with E-state index in [1.165, 1.54) is 49.9 Å². The van der Waals surface area contributed by atoms with Crippen LogP contribution in [0.15, 0.2) is 24.3 Å². The Morgan fingerprint density at radius 2 is 1.75 bits per heavy atom. The highest BCUT2D eigenvalue weighted by molar-refractivity contribution is 5.56. The number of aryl methyl sites for hydroxylation is 1. The summed E-state index contributed by atoms with van der Waals surface area (Å²) in [7, 11) is 0. The van der Waals surface area contributed by atoms with E-state index >= 15 is 0 Å². The summed E-state index contributed by atoms with van der Waals surface area (Å²) in [6.07, 6.45) is 7.31. The number of nitrogens with zero attached hydrogens (tertiary/aromatic N) is 1. The van der Waals surface area contributed by atoms with Crippen LogP contribution in [0.25, 0.3) is 0 Å². The van der Waals surface area contributed by atoms with Crippen molar-refractivity contribution in [3.05, 3.63) is 29.8 Å². The first-order valence-corrected chi connectivity index (χ1v) is 10.1. The molecule has 1 aliphatic heterocycles. The van der Waals surface area contributed by atoms with Crippen molar-refractivity contribution in [2.75, 3.05) is 11.4 Å². The molecule has 3 aliphatic rings. The van der Waals surface area contributed by atoms with Crippen molar-refractivity contribution in [3.8, 4) is 0 Å². The molecular formula is C23H35N. The molecule has 0 radical (unpaired) electrons. The van der Waals surface area contributed by atoms with Gasteiger partial charge in [-0.1, -0.05) is 32.0 Å². The van der Waals surface area contributed by atoms with E-state index in [0.717, 1.165) is 23.7 Å². The van der Waals surface area contributed by atoms with Crippen LogP contribution in [0.1, 0.15) is 65.4 Å². The van der Waals surface area contributed by atoms with Crippen LogP contribution < -0.4 is 4.90 Å². The van der Waals surface area contributed by atoms with E-state index in [-0.39, 0.29) is 5.54 Å². The molecular weight excluding hydrogens is 290 g/mol. The summed E-state index contributed by atoms with van der Waals surface area (Å²) < 4.78 is 0. The van der Waals surface area contributed by atoms with Gasteiger partial charge in [-0.3, -0.25) is 0 Å². The molecule has 2 bridgehead atoms. The number of benzene rings is 1. The van der Waals surface area contributed by atoms with Gasteiger partial charge in [0.15, 0.2) is 0 Å². The second kappa shape index (κ2) is 5.51. The van der Waals surface area contributed by atoms with Crippen LogP contribution in [-0.4, -0.2) is 12.1 Å². The van der Waals surface area contributed by atoms with Gasteiger partial charge in [0, 0.05) is 17.8 Å². The van der Waals surface area contributed by atoms with Crippen molar-refractivity contribution in [2.45, 2.75) is 72.3 Å². The third kappa shape index (κ3) is 2.42. The smallest absolute Gasteiger partial charge is 0.0400 e. The third-order valence-electron chi connectivity index (χ3n) is 7.87. The number of para-hydroxylation sites is 1. The Labute approximate surface area is 148 Å². The fourth-order valence-corrected chi connectivity index (χ4v) is 6.89. The maximum absolute atomic E-state index is 2.76. The van der Waals surface area contributed by atoms with Gasteiger partial charge in [0.05, 0.1) is 0 Å². The Morgan fingerprint density at radius 3 is 2.50 bits per heavy atom. The summed E-state index contributed by atoms with van der Waals surface area (Å²) in [5.41, 5.74) is 3.71. The molecule has 1 heteroatoms. The summed E-state index contributed by atoms with van der Waals surface area (Å²) in [5.74, 6) is 3.77. The molecule has 4 rings (SSSR count). The molecule has 0 amide bonds. The highest BCUT2D eigenvalue weighted by Gasteiger charge is 2.58. The average Bonchev–Trinajstić information content (AvgIpc) is 2.79. The van der Waals surface area contributed by atoms with Crippen molar-refractivity contribution in [2.24, 2.45) is 29.1 Å². The van der Waals surface area contributed by atoms with E-state index in [2.05, 4.69) is 63.8 Å². The zero-order chi connectivity index (χ0) is 17.1. The Hall–Kier alpha value is -0.980. The van der Waals surface area contributed by atoms with Crippen molar-refractivity contribution in [1.29, 1.82) is 0 Å². The summed E-state index contributed by atoms with van der Waals surface area (Å²) in [5, 5.41) is 0. The van der Waals surface area contributed by atoms with Crippen LogP contribution in [0, 0.1) is 36.0 Å². The summed E-state index contributed by atoms with van der Waals surface area (Å²) >= 11 is 0. The van der Waals surface area contributed by atoms with E-state index in [1.54, 1.807) is 0 Å². The molecule has 1 saturated heterocycles. The molecule has 2 saturated carbocycles. The number of hydrogen-bond acceptors (Lipinski definition) is 1. The van der Waals surface area contributed by atoms with Gasteiger partial charge in [-0.25, -0.2) is 0 Å². The van der Waals surface area contributed by atoms with E-state index in [0.29, 0.717) is 5.41 Å². The molecule has 1 aromatic rings. The number of hydrogen-bond donors (Lipinski definition) is 0. The van der Waals surface area contributed by atoms with Gasteiger partial charge < -0.3 is 4.90 Å². The Bertz CT molecular complexity index is 614. The van der Waals surface area contributed by atoms with Gasteiger partial charge >= 0.3 is 0 Å². The molecule has 24 heavy (non-hydrogen) atoms. The first-order chi connectivity index (χ1) is 11.3. The molecule has 1 heterocycles. The Balaban J connectivity index is 1.71. The topological polar surface area (TPSA) is 3.24 Å². The fraction of sp³-hybridized carbons (Fsp3) is 0.739. The minimum absolute atomic E-state index is 0.272. The zero-order valence-corrected chi connectivity index (χ0v) is 16.3. The highest BCUT2D eigenvalue weighted by atomic mass is 15.2. The van der Waals surface area contributed by atoms with Gasteiger partial charge in [0.1, 0.15) is 0 Å². The van der Waals surface area contributed by atoms with E-state index in [1.807, 2.05) is 0 Å². The summed E-state index contributed by atoms with van der Waals surface area (Å²) in [6, 6.07) is 9.01. The fourth-order valence-electron chi connectivity index (χ4n) is 6.89. The lowest BCUT2D eigenvalue weighted by atomic mass is 9.51. The minimum atomic E-state index is 0.272. The molecule has 0 N–H and O–H groups in total. The highest BCUT2D eigenvalue weighted by Crippen LogP contribution is 2.61. The quantitative estimate of drug-likeness (QED) is 0.606. The van der Waals surface area contributed by atoms with Crippen LogP contribution in [-0.2, 0) is 0 Å². The summed E-state index contributed by atoms with van der Waals surface area (Å²) in [6.45, 7) is 13.6. The predicted octanol–water partition coefficient (Wildman–Crippen LogP) is 6.06. The van der Waals surface area contributed by atoms with Crippen LogP contribution in [0.5, 0.6) is 0 Å². The van der Waals surface area contributed by atoms with Gasteiger partial charge in [-0.15, -0.1) is 0 Å². The normalized spacial score (nSPS) is 41.0. The number of anilines is 1. The molecule has 5 atom stereocenters. The molecule has 5 unspecified atom stereocenters. The molecule has 132 valence electrons. The second-order valence-electron chi connectivity index (χ2n) is 10.1. The minimum Gasteiger partial charge on any atom is -0.366 e. The SMILES string of the molecule is Cc1ccccc1N1CC2(CC1(C)C)C(C)CC1CC(C)CC2C1. The average molecular weight is 326 g/mol. The maximum Gasteiger partial charge on any atom is 0.0400 e. The lowest BCUT2D eigenvalue weighted by Crippen LogP contribution is -2.48. The third-order valence-corrected chi connectivity index (χ3v) is 7.87. The van der Waals surface area contributed by atoms with Gasteiger partial charge in [-0.2, -0.15) is 0 Å². The molecule has 1 spiro atoms. The largest absolute Gasteiger partial charge is 0.366 e. The summed E-state index contributed by atoms with van der Waals surface area (Å²) in [4.78, 5) is 2.76. The Morgan fingerprint density at radius 1 is 1.00 bits per heavy atom.